The largest absolute Gasteiger partial charge is 0.425 e. The SMILES string of the molecule is OC1(Cc2ccc(C(F)(F)F)s2)CNC1. The topological polar surface area (TPSA) is 32.3 Å². The first kappa shape index (κ1) is 10.9. The monoisotopic (exact) mass is 237 g/mol. The molecule has 2 N–H and O–H groups in total. The Morgan fingerprint density at radius 1 is 1.40 bits per heavy atom. The van der Waals surface area contributed by atoms with Gasteiger partial charge in [0.1, 0.15) is 4.88 Å². The van der Waals surface area contributed by atoms with Crippen LogP contribution in [-0.2, 0) is 12.6 Å². The fourth-order valence-electron chi connectivity index (χ4n) is 1.49. The van der Waals surface area contributed by atoms with Gasteiger partial charge in [-0.15, -0.1) is 11.3 Å². The number of hydrogen-bond acceptors (Lipinski definition) is 3. The average Bonchev–Trinajstić information content (AvgIpc) is 2.49. The average molecular weight is 237 g/mol. The number of alkyl halides is 3. The third kappa shape index (κ3) is 2.32. The quantitative estimate of drug-likeness (QED) is 0.819. The van der Waals surface area contributed by atoms with E-state index in [1.54, 1.807) is 0 Å². The molecule has 6 heteroatoms. The van der Waals surface area contributed by atoms with E-state index in [9.17, 15) is 18.3 Å². The second kappa shape index (κ2) is 3.47. The lowest BCUT2D eigenvalue weighted by atomic mass is 9.92. The van der Waals surface area contributed by atoms with Gasteiger partial charge < -0.3 is 10.4 Å². The van der Waals surface area contributed by atoms with Gasteiger partial charge >= 0.3 is 6.18 Å². The molecular formula is C9H10F3NOS. The van der Waals surface area contributed by atoms with E-state index in [1.807, 2.05) is 0 Å². The predicted octanol–water partition coefficient (Wildman–Crippen LogP) is 1.64. The minimum absolute atomic E-state index is 0.292. The third-order valence-corrected chi connectivity index (χ3v) is 3.48. The van der Waals surface area contributed by atoms with E-state index in [4.69, 9.17) is 0 Å². The van der Waals surface area contributed by atoms with Gasteiger partial charge in [0.15, 0.2) is 0 Å². The van der Waals surface area contributed by atoms with Gasteiger partial charge in [-0.3, -0.25) is 0 Å². The van der Waals surface area contributed by atoms with E-state index in [2.05, 4.69) is 5.32 Å². The fraction of sp³-hybridized carbons (Fsp3) is 0.556. The highest BCUT2D eigenvalue weighted by Crippen LogP contribution is 2.35. The van der Waals surface area contributed by atoms with E-state index in [0.717, 1.165) is 6.07 Å². The molecule has 1 aromatic heterocycles. The van der Waals surface area contributed by atoms with Crippen LogP contribution in [0.2, 0.25) is 0 Å². The maximum Gasteiger partial charge on any atom is 0.425 e. The second-order valence-corrected chi connectivity index (χ2v) is 4.94. The van der Waals surface area contributed by atoms with Crippen molar-refractivity contribution >= 4 is 11.3 Å². The van der Waals surface area contributed by atoms with Crippen molar-refractivity contribution in [3.05, 3.63) is 21.9 Å². The van der Waals surface area contributed by atoms with Crippen molar-refractivity contribution in [3.8, 4) is 0 Å². The molecular weight excluding hydrogens is 227 g/mol. The van der Waals surface area contributed by atoms with Crippen LogP contribution >= 0.6 is 11.3 Å². The van der Waals surface area contributed by atoms with Crippen LogP contribution < -0.4 is 5.32 Å². The Bertz CT molecular complexity index is 356. The first-order valence-electron chi connectivity index (χ1n) is 4.48. The van der Waals surface area contributed by atoms with Crippen molar-refractivity contribution in [2.75, 3.05) is 13.1 Å². The van der Waals surface area contributed by atoms with Gasteiger partial charge in [-0.2, -0.15) is 13.2 Å². The van der Waals surface area contributed by atoms with Crippen LogP contribution in [0.5, 0.6) is 0 Å². The Hall–Kier alpha value is -0.590. The lowest BCUT2D eigenvalue weighted by Gasteiger charge is -2.37. The van der Waals surface area contributed by atoms with Gasteiger partial charge in [-0.25, -0.2) is 0 Å². The van der Waals surface area contributed by atoms with Gasteiger partial charge in [-0.1, -0.05) is 0 Å². The summed E-state index contributed by atoms with van der Waals surface area (Å²) in [5.74, 6) is 0. The number of nitrogens with one attached hydrogen (secondary N) is 1. The molecule has 1 aromatic rings. The molecule has 0 unspecified atom stereocenters. The molecule has 2 rings (SSSR count). The molecule has 0 saturated carbocycles. The smallest absolute Gasteiger partial charge is 0.387 e. The van der Waals surface area contributed by atoms with E-state index in [1.165, 1.54) is 6.07 Å². The summed E-state index contributed by atoms with van der Waals surface area (Å²) in [7, 11) is 0. The lowest BCUT2D eigenvalue weighted by molar-refractivity contribution is -0.134. The number of thiophene rings is 1. The molecule has 0 atom stereocenters. The van der Waals surface area contributed by atoms with Crippen LogP contribution in [0.15, 0.2) is 12.1 Å². The Kier molecular flexibility index (Phi) is 2.52. The van der Waals surface area contributed by atoms with Crippen molar-refractivity contribution in [2.24, 2.45) is 0 Å². The van der Waals surface area contributed by atoms with Gasteiger partial charge in [0.05, 0.1) is 5.60 Å². The number of halogens is 3. The van der Waals surface area contributed by atoms with Crippen LogP contribution in [0.1, 0.15) is 9.75 Å². The molecule has 0 spiro atoms. The highest BCUT2D eigenvalue weighted by Gasteiger charge is 2.37. The standard InChI is InChI=1S/C9H10F3NOS/c10-9(11,12)7-2-1-6(15-7)3-8(14)4-13-5-8/h1-2,13-14H,3-5H2. The van der Waals surface area contributed by atoms with Gasteiger partial charge in [0.2, 0.25) is 0 Å². The Labute approximate surface area is 88.7 Å². The molecule has 0 amide bonds. The Morgan fingerprint density at radius 3 is 2.47 bits per heavy atom. The van der Waals surface area contributed by atoms with Crippen LogP contribution in [0.3, 0.4) is 0 Å². The first-order valence-corrected chi connectivity index (χ1v) is 5.30. The number of β-amino-alcohol motifs (C(OH)–C–C–N with tert-alkyl or cyclic N) is 1. The van der Waals surface area contributed by atoms with E-state index in [-0.39, 0.29) is 0 Å². The van der Waals surface area contributed by atoms with Crippen molar-refractivity contribution in [3.63, 3.8) is 0 Å². The molecule has 1 fully saturated rings. The normalized spacial score (nSPS) is 20.0. The van der Waals surface area contributed by atoms with E-state index >= 15 is 0 Å². The lowest BCUT2D eigenvalue weighted by Crippen LogP contribution is -2.60. The summed E-state index contributed by atoms with van der Waals surface area (Å²) >= 11 is 0.703. The Balaban J connectivity index is 2.07. The highest BCUT2D eigenvalue weighted by atomic mass is 32.1. The van der Waals surface area contributed by atoms with Crippen LogP contribution in [0.25, 0.3) is 0 Å². The first-order chi connectivity index (χ1) is 6.89. The summed E-state index contributed by atoms with van der Waals surface area (Å²) in [6, 6.07) is 2.50. The minimum atomic E-state index is -4.27. The van der Waals surface area contributed by atoms with Crippen LogP contribution in [0.4, 0.5) is 13.2 Å². The fourth-order valence-corrected chi connectivity index (χ4v) is 2.50. The summed E-state index contributed by atoms with van der Waals surface area (Å²) < 4.78 is 36.8. The molecule has 0 aliphatic carbocycles. The molecule has 1 aliphatic rings. The molecule has 15 heavy (non-hydrogen) atoms. The third-order valence-electron chi connectivity index (χ3n) is 2.35. The van der Waals surface area contributed by atoms with Gasteiger partial charge in [-0.05, 0) is 12.1 Å². The zero-order valence-corrected chi connectivity index (χ0v) is 8.58. The molecule has 84 valence electrons. The predicted molar refractivity (Wildman–Crippen MR) is 50.8 cm³/mol. The summed E-state index contributed by atoms with van der Waals surface area (Å²) in [5.41, 5.74) is -0.853. The molecule has 2 heterocycles. The van der Waals surface area contributed by atoms with Crippen molar-refractivity contribution < 1.29 is 18.3 Å². The summed E-state index contributed by atoms with van der Waals surface area (Å²) in [6.45, 7) is 0.901. The molecule has 0 radical (unpaired) electrons. The van der Waals surface area contributed by atoms with Crippen LogP contribution in [-0.4, -0.2) is 23.8 Å². The maximum atomic E-state index is 12.3. The van der Waals surface area contributed by atoms with Crippen LogP contribution in [0, 0.1) is 0 Å². The summed E-state index contributed by atoms with van der Waals surface area (Å²) in [4.78, 5) is -0.0280. The second-order valence-electron chi connectivity index (χ2n) is 3.77. The Morgan fingerprint density at radius 2 is 2.07 bits per heavy atom. The van der Waals surface area contributed by atoms with Gasteiger partial charge in [0, 0.05) is 24.4 Å². The zero-order chi connectivity index (χ0) is 11.1. The van der Waals surface area contributed by atoms with Crippen molar-refractivity contribution in [1.82, 2.24) is 5.32 Å². The van der Waals surface area contributed by atoms with Crippen molar-refractivity contribution in [2.45, 2.75) is 18.2 Å². The zero-order valence-electron chi connectivity index (χ0n) is 7.77. The molecule has 0 aromatic carbocycles. The molecule has 1 aliphatic heterocycles. The van der Waals surface area contributed by atoms with E-state index in [0.29, 0.717) is 35.7 Å². The number of hydrogen-bond donors (Lipinski definition) is 2. The van der Waals surface area contributed by atoms with Crippen molar-refractivity contribution in [1.29, 1.82) is 0 Å². The minimum Gasteiger partial charge on any atom is -0.387 e. The maximum absolute atomic E-state index is 12.3. The number of aliphatic hydroxyl groups is 1. The molecule has 2 nitrogen and oxygen atoms in total. The van der Waals surface area contributed by atoms with E-state index < -0.39 is 16.7 Å². The summed E-state index contributed by atoms with van der Waals surface area (Å²) in [5, 5.41) is 12.6. The summed E-state index contributed by atoms with van der Waals surface area (Å²) in [6.07, 6.45) is -3.98. The number of rotatable bonds is 2. The molecule has 0 bridgehead atoms. The highest BCUT2D eigenvalue weighted by molar-refractivity contribution is 7.12. The van der Waals surface area contributed by atoms with Gasteiger partial charge in [0.25, 0.3) is 0 Å². The molecule has 1 saturated heterocycles.